The maximum Gasteiger partial charge on any atom is 0.355 e. The van der Waals surface area contributed by atoms with Crippen LogP contribution in [0, 0.1) is 0 Å². The van der Waals surface area contributed by atoms with E-state index in [0.29, 0.717) is 11.3 Å². The SMILES string of the molecule is COC(=O)C1=C(C(=O)OC)N(c2ccc(C(=O)N(C)C)c(Cl)c2)C=CC=C1. The molecule has 1 aliphatic rings. The molecular formula is C19H19ClN2O5. The van der Waals surface area contributed by atoms with Crippen molar-refractivity contribution in [1.29, 1.82) is 0 Å². The van der Waals surface area contributed by atoms with Crippen molar-refractivity contribution in [2.75, 3.05) is 33.2 Å². The number of methoxy groups -OCH3 is 2. The predicted octanol–water partition coefficient (Wildman–Crippen LogP) is 2.53. The highest BCUT2D eigenvalue weighted by molar-refractivity contribution is 6.34. The van der Waals surface area contributed by atoms with Crippen LogP contribution in [0.5, 0.6) is 0 Å². The van der Waals surface area contributed by atoms with Gasteiger partial charge in [0, 0.05) is 26.0 Å². The van der Waals surface area contributed by atoms with Crippen molar-refractivity contribution in [3.05, 3.63) is 64.5 Å². The first-order chi connectivity index (χ1) is 12.8. The molecule has 0 N–H and O–H groups in total. The number of hydrogen-bond acceptors (Lipinski definition) is 6. The minimum absolute atomic E-state index is 0.0268. The minimum atomic E-state index is -0.726. The van der Waals surface area contributed by atoms with E-state index < -0.39 is 11.9 Å². The number of carbonyl (C=O) groups is 3. The van der Waals surface area contributed by atoms with E-state index in [1.165, 1.54) is 36.2 Å². The summed E-state index contributed by atoms with van der Waals surface area (Å²) in [6.45, 7) is 0. The third kappa shape index (κ3) is 4.20. The lowest BCUT2D eigenvalue weighted by Gasteiger charge is -2.23. The van der Waals surface area contributed by atoms with E-state index in [2.05, 4.69) is 0 Å². The standard InChI is InChI=1S/C19H19ClN2O5/c1-21(2)17(23)13-9-8-12(11-15(13)20)22-10-6-5-7-14(18(24)26-3)16(22)19(25)27-4/h5-11H,1-4H3. The molecular weight excluding hydrogens is 372 g/mol. The van der Waals surface area contributed by atoms with Crippen LogP contribution >= 0.6 is 11.6 Å². The second-order valence-electron chi connectivity index (χ2n) is 5.68. The van der Waals surface area contributed by atoms with Gasteiger partial charge in [-0.3, -0.25) is 4.79 Å². The minimum Gasteiger partial charge on any atom is -0.465 e. The van der Waals surface area contributed by atoms with Crippen LogP contribution in [0.1, 0.15) is 10.4 Å². The fraction of sp³-hybridized carbons (Fsp3) is 0.211. The summed E-state index contributed by atoms with van der Waals surface area (Å²) >= 11 is 6.28. The normalized spacial score (nSPS) is 13.3. The molecule has 27 heavy (non-hydrogen) atoms. The van der Waals surface area contributed by atoms with Crippen LogP contribution in [0.15, 0.2) is 53.9 Å². The number of nitrogens with zero attached hydrogens (tertiary/aromatic N) is 2. The zero-order valence-corrected chi connectivity index (χ0v) is 16.1. The van der Waals surface area contributed by atoms with E-state index in [-0.39, 0.29) is 22.2 Å². The molecule has 1 heterocycles. The van der Waals surface area contributed by atoms with E-state index in [9.17, 15) is 14.4 Å². The molecule has 0 fully saturated rings. The Kier molecular flexibility index (Phi) is 6.41. The van der Waals surface area contributed by atoms with Crippen LogP contribution in [0.25, 0.3) is 0 Å². The molecule has 0 radical (unpaired) electrons. The number of benzene rings is 1. The molecule has 0 spiro atoms. The monoisotopic (exact) mass is 390 g/mol. The first kappa shape index (κ1) is 20.3. The zero-order valence-electron chi connectivity index (χ0n) is 15.4. The Morgan fingerprint density at radius 2 is 1.70 bits per heavy atom. The third-order valence-corrected chi connectivity index (χ3v) is 4.07. The van der Waals surface area contributed by atoms with Crippen LogP contribution in [0.3, 0.4) is 0 Å². The molecule has 0 bridgehead atoms. The molecule has 1 aliphatic heterocycles. The zero-order chi connectivity index (χ0) is 20.1. The van der Waals surface area contributed by atoms with Crippen molar-refractivity contribution >= 4 is 35.1 Å². The Morgan fingerprint density at radius 1 is 1.04 bits per heavy atom. The molecule has 1 amide bonds. The summed E-state index contributed by atoms with van der Waals surface area (Å²) in [7, 11) is 5.68. The smallest absolute Gasteiger partial charge is 0.355 e. The highest BCUT2D eigenvalue weighted by atomic mass is 35.5. The van der Waals surface area contributed by atoms with Crippen LogP contribution in [-0.2, 0) is 19.1 Å². The topological polar surface area (TPSA) is 76.2 Å². The van der Waals surface area contributed by atoms with Crippen molar-refractivity contribution in [2.45, 2.75) is 0 Å². The van der Waals surface area contributed by atoms with Crippen LogP contribution in [0.2, 0.25) is 5.02 Å². The van der Waals surface area contributed by atoms with Gasteiger partial charge in [0.05, 0.1) is 30.4 Å². The summed E-state index contributed by atoms with van der Waals surface area (Å²) in [5.41, 5.74) is 0.784. The molecule has 0 saturated heterocycles. The summed E-state index contributed by atoms with van der Waals surface area (Å²) in [4.78, 5) is 39.6. The number of rotatable bonds is 4. The van der Waals surface area contributed by atoms with Crippen molar-refractivity contribution in [1.82, 2.24) is 4.90 Å². The number of carbonyl (C=O) groups excluding carboxylic acids is 3. The molecule has 0 saturated carbocycles. The quantitative estimate of drug-likeness (QED) is 0.735. The summed E-state index contributed by atoms with van der Waals surface area (Å²) in [6, 6.07) is 4.71. The summed E-state index contributed by atoms with van der Waals surface area (Å²) in [5, 5.41) is 0.209. The van der Waals surface area contributed by atoms with Crippen LogP contribution in [0.4, 0.5) is 5.69 Å². The third-order valence-electron chi connectivity index (χ3n) is 3.76. The van der Waals surface area contributed by atoms with E-state index in [1.54, 1.807) is 44.6 Å². The van der Waals surface area contributed by atoms with Gasteiger partial charge in [-0.2, -0.15) is 0 Å². The Bertz CT molecular complexity index is 871. The predicted molar refractivity (Wildman–Crippen MR) is 101 cm³/mol. The summed E-state index contributed by atoms with van der Waals surface area (Å²) < 4.78 is 9.61. The lowest BCUT2D eigenvalue weighted by Crippen LogP contribution is -2.27. The van der Waals surface area contributed by atoms with E-state index in [1.807, 2.05) is 0 Å². The Hall–Kier alpha value is -3.06. The number of halogens is 1. The average Bonchev–Trinajstić information content (AvgIpc) is 2.88. The maximum atomic E-state index is 12.4. The lowest BCUT2D eigenvalue weighted by molar-refractivity contribution is -0.139. The van der Waals surface area contributed by atoms with Gasteiger partial charge in [-0.25, -0.2) is 9.59 Å². The van der Waals surface area contributed by atoms with Gasteiger partial charge in [0.1, 0.15) is 5.70 Å². The largest absolute Gasteiger partial charge is 0.465 e. The molecule has 142 valence electrons. The fourth-order valence-electron chi connectivity index (χ4n) is 2.43. The first-order valence-corrected chi connectivity index (χ1v) is 8.25. The van der Waals surface area contributed by atoms with Gasteiger partial charge in [0.15, 0.2) is 0 Å². The number of hydrogen-bond donors (Lipinski definition) is 0. The number of allylic oxidation sites excluding steroid dienone is 2. The molecule has 2 rings (SSSR count). The second kappa shape index (κ2) is 8.55. The van der Waals surface area contributed by atoms with Crippen LogP contribution in [-0.4, -0.2) is 51.1 Å². The average molecular weight is 391 g/mol. The van der Waals surface area contributed by atoms with E-state index >= 15 is 0 Å². The van der Waals surface area contributed by atoms with Gasteiger partial charge < -0.3 is 19.3 Å². The van der Waals surface area contributed by atoms with Crippen molar-refractivity contribution in [3.8, 4) is 0 Å². The molecule has 0 unspecified atom stereocenters. The van der Waals surface area contributed by atoms with Crippen LogP contribution < -0.4 is 4.90 Å². The molecule has 7 nitrogen and oxygen atoms in total. The van der Waals surface area contributed by atoms with Gasteiger partial charge in [0.2, 0.25) is 0 Å². The Balaban J connectivity index is 2.61. The molecule has 0 aromatic heterocycles. The lowest BCUT2D eigenvalue weighted by atomic mass is 10.1. The van der Waals surface area contributed by atoms with Gasteiger partial charge in [-0.1, -0.05) is 17.7 Å². The highest BCUT2D eigenvalue weighted by Gasteiger charge is 2.28. The number of amides is 1. The molecule has 0 aliphatic carbocycles. The number of anilines is 1. The van der Waals surface area contributed by atoms with Gasteiger partial charge in [-0.05, 0) is 30.4 Å². The van der Waals surface area contributed by atoms with E-state index in [0.717, 1.165) is 0 Å². The number of ether oxygens (including phenoxy) is 2. The van der Waals surface area contributed by atoms with Crippen molar-refractivity contribution in [2.24, 2.45) is 0 Å². The molecule has 1 aromatic carbocycles. The molecule has 8 heteroatoms. The van der Waals surface area contributed by atoms with Gasteiger partial charge in [-0.15, -0.1) is 0 Å². The Morgan fingerprint density at radius 3 is 2.26 bits per heavy atom. The summed E-state index contributed by atoms with van der Waals surface area (Å²) in [5.74, 6) is -1.67. The van der Waals surface area contributed by atoms with Crippen molar-refractivity contribution < 1.29 is 23.9 Å². The van der Waals surface area contributed by atoms with Gasteiger partial charge >= 0.3 is 11.9 Å². The number of esters is 2. The summed E-state index contributed by atoms with van der Waals surface area (Å²) in [6.07, 6.45) is 6.28. The first-order valence-electron chi connectivity index (χ1n) is 7.88. The van der Waals surface area contributed by atoms with E-state index in [4.69, 9.17) is 21.1 Å². The molecule has 0 atom stereocenters. The molecule has 1 aromatic rings. The second-order valence-corrected chi connectivity index (χ2v) is 6.09. The van der Waals surface area contributed by atoms with Gasteiger partial charge in [0.25, 0.3) is 5.91 Å². The maximum absolute atomic E-state index is 12.4. The van der Waals surface area contributed by atoms with Crippen molar-refractivity contribution in [3.63, 3.8) is 0 Å². The Labute approximate surface area is 162 Å². The fourth-order valence-corrected chi connectivity index (χ4v) is 2.69. The highest BCUT2D eigenvalue weighted by Crippen LogP contribution is 2.30.